The fourth-order valence-electron chi connectivity index (χ4n) is 2.65. The molecule has 1 aliphatic heterocycles. The van der Waals surface area contributed by atoms with E-state index in [2.05, 4.69) is 20.3 Å². The third-order valence-corrected chi connectivity index (χ3v) is 3.72. The maximum Gasteiger partial charge on any atom is 0.224 e. The van der Waals surface area contributed by atoms with Crippen molar-refractivity contribution < 1.29 is 4.79 Å². The first-order valence-corrected chi connectivity index (χ1v) is 7.46. The summed E-state index contributed by atoms with van der Waals surface area (Å²) < 4.78 is 0. The monoisotopic (exact) mass is 297 g/mol. The lowest BCUT2D eigenvalue weighted by molar-refractivity contribution is -0.127. The first-order chi connectivity index (χ1) is 10.7. The third kappa shape index (κ3) is 3.05. The number of hydrogen-bond acceptors (Lipinski definition) is 5. The van der Waals surface area contributed by atoms with Crippen molar-refractivity contribution in [3.63, 3.8) is 0 Å². The number of amides is 1. The fraction of sp³-hybridized carbons (Fsp3) is 0.375. The zero-order valence-electron chi connectivity index (χ0n) is 12.8. The number of likely N-dealkylation sites (N-methyl/N-ethyl adjacent to an activating group) is 1. The quantitative estimate of drug-likeness (QED) is 0.933. The Bertz CT molecular complexity index is 673. The first kappa shape index (κ1) is 14.4. The topological polar surface area (TPSA) is 71.0 Å². The third-order valence-electron chi connectivity index (χ3n) is 3.72. The molecule has 2 aromatic rings. The number of carbonyl (C=O) groups excluding carboxylic acids is 1. The molecule has 0 aliphatic carbocycles. The van der Waals surface area contributed by atoms with E-state index in [1.54, 1.807) is 12.4 Å². The molecule has 6 nitrogen and oxygen atoms in total. The summed E-state index contributed by atoms with van der Waals surface area (Å²) in [5.74, 6) is 1.59. The van der Waals surface area contributed by atoms with Crippen molar-refractivity contribution in [1.29, 1.82) is 0 Å². The molecule has 114 valence electrons. The van der Waals surface area contributed by atoms with Crippen molar-refractivity contribution in [1.82, 2.24) is 19.9 Å². The summed E-state index contributed by atoms with van der Waals surface area (Å²) in [6, 6.07) is 5.80. The molecule has 2 aromatic heterocycles. The maximum atomic E-state index is 11.8. The van der Waals surface area contributed by atoms with Crippen LogP contribution in [0, 0.1) is 6.92 Å². The number of hydrogen-bond donors (Lipinski definition) is 1. The van der Waals surface area contributed by atoms with E-state index >= 15 is 0 Å². The Hall–Kier alpha value is -2.50. The zero-order chi connectivity index (χ0) is 15.5. The van der Waals surface area contributed by atoms with Gasteiger partial charge in [-0.3, -0.25) is 9.78 Å². The minimum absolute atomic E-state index is 0.100. The number of likely N-dealkylation sites (tertiary alicyclic amines) is 1. The highest BCUT2D eigenvalue weighted by atomic mass is 16.2. The van der Waals surface area contributed by atoms with E-state index in [0.29, 0.717) is 12.2 Å². The van der Waals surface area contributed by atoms with Gasteiger partial charge in [0.2, 0.25) is 5.91 Å². The van der Waals surface area contributed by atoms with Gasteiger partial charge in [0.05, 0.1) is 6.04 Å². The molecule has 6 heteroatoms. The SMILES string of the molecule is CCN1C[C@@H](Nc2cc(C)nc(-c3cccnc3)n2)CC1=O. The number of nitrogens with one attached hydrogen (secondary N) is 1. The second-order valence-corrected chi connectivity index (χ2v) is 5.44. The number of pyridine rings is 1. The Morgan fingerprint density at radius 1 is 1.41 bits per heavy atom. The molecule has 1 amide bonds. The normalized spacial score (nSPS) is 17.8. The van der Waals surface area contributed by atoms with Crippen LogP contribution in [-0.2, 0) is 4.79 Å². The van der Waals surface area contributed by atoms with Crippen LogP contribution in [0.4, 0.5) is 5.82 Å². The molecule has 0 bridgehead atoms. The van der Waals surface area contributed by atoms with E-state index in [1.807, 2.05) is 36.9 Å². The summed E-state index contributed by atoms with van der Waals surface area (Å²) in [4.78, 5) is 26.8. The van der Waals surface area contributed by atoms with Gasteiger partial charge in [-0.2, -0.15) is 0 Å². The molecule has 0 radical (unpaired) electrons. The Balaban J connectivity index is 1.80. The highest BCUT2D eigenvalue weighted by Crippen LogP contribution is 2.19. The molecule has 22 heavy (non-hydrogen) atoms. The largest absolute Gasteiger partial charge is 0.365 e. The van der Waals surface area contributed by atoms with Crippen LogP contribution in [0.5, 0.6) is 0 Å². The van der Waals surface area contributed by atoms with Gasteiger partial charge in [-0.15, -0.1) is 0 Å². The van der Waals surface area contributed by atoms with Crippen LogP contribution in [-0.4, -0.2) is 44.9 Å². The number of anilines is 1. The average molecular weight is 297 g/mol. The van der Waals surface area contributed by atoms with Crippen molar-refractivity contribution in [3.8, 4) is 11.4 Å². The molecular weight excluding hydrogens is 278 g/mol. The summed E-state index contributed by atoms with van der Waals surface area (Å²) in [6.07, 6.45) is 3.98. The summed E-state index contributed by atoms with van der Waals surface area (Å²) in [7, 11) is 0. The lowest BCUT2D eigenvalue weighted by Gasteiger charge is -2.15. The maximum absolute atomic E-state index is 11.8. The second kappa shape index (κ2) is 6.09. The molecule has 1 atom stereocenters. The molecule has 0 unspecified atom stereocenters. The van der Waals surface area contributed by atoms with Crippen LogP contribution in [0.15, 0.2) is 30.6 Å². The summed E-state index contributed by atoms with van der Waals surface area (Å²) in [6.45, 7) is 5.40. The first-order valence-electron chi connectivity index (χ1n) is 7.46. The average Bonchev–Trinajstić information content (AvgIpc) is 2.87. The van der Waals surface area contributed by atoms with Crippen molar-refractivity contribution in [2.24, 2.45) is 0 Å². The lowest BCUT2D eigenvalue weighted by atomic mass is 10.2. The van der Waals surface area contributed by atoms with Gasteiger partial charge in [0.1, 0.15) is 5.82 Å². The fourth-order valence-corrected chi connectivity index (χ4v) is 2.65. The summed E-state index contributed by atoms with van der Waals surface area (Å²) >= 11 is 0. The summed E-state index contributed by atoms with van der Waals surface area (Å²) in [5.41, 5.74) is 1.76. The Kier molecular flexibility index (Phi) is 4.00. The molecule has 0 aromatic carbocycles. The highest BCUT2D eigenvalue weighted by Gasteiger charge is 2.28. The number of aryl methyl sites for hydroxylation is 1. The lowest BCUT2D eigenvalue weighted by Crippen LogP contribution is -2.27. The van der Waals surface area contributed by atoms with E-state index in [0.717, 1.165) is 30.2 Å². The van der Waals surface area contributed by atoms with E-state index in [1.165, 1.54) is 0 Å². The molecule has 1 aliphatic rings. The van der Waals surface area contributed by atoms with Gasteiger partial charge in [-0.05, 0) is 26.0 Å². The van der Waals surface area contributed by atoms with Crippen LogP contribution >= 0.6 is 0 Å². The number of nitrogens with zero attached hydrogens (tertiary/aromatic N) is 4. The van der Waals surface area contributed by atoms with Gasteiger partial charge in [0.25, 0.3) is 0 Å². The van der Waals surface area contributed by atoms with Crippen molar-refractivity contribution in [2.75, 3.05) is 18.4 Å². The predicted molar refractivity (Wildman–Crippen MR) is 84.3 cm³/mol. The molecule has 1 fully saturated rings. The standard InChI is InChI=1S/C16H19N5O/c1-3-21-10-13(8-15(21)22)19-14-7-11(2)18-16(20-14)12-5-4-6-17-9-12/h4-7,9,13H,3,8,10H2,1-2H3,(H,18,19,20)/t13-/m0/s1. The Labute approximate surface area is 129 Å². The second-order valence-electron chi connectivity index (χ2n) is 5.44. The van der Waals surface area contributed by atoms with Crippen LogP contribution < -0.4 is 5.32 Å². The minimum atomic E-state index is 0.100. The van der Waals surface area contributed by atoms with Gasteiger partial charge in [0.15, 0.2) is 5.82 Å². The highest BCUT2D eigenvalue weighted by molar-refractivity contribution is 5.80. The van der Waals surface area contributed by atoms with Crippen molar-refractivity contribution >= 4 is 11.7 Å². The van der Waals surface area contributed by atoms with E-state index in [-0.39, 0.29) is 11.9 Å². The Morgan fingerprint density at radius 3 is 2.95 bits per heavy atom. The zero-order valence-corrected chi connectivity index (χ0v) is 12.8. The molecule has 1 saturated heterocycles. The van der Waals surface area contributed by atoms with Crippen molar-refractivity contribution in [2.45, 2.75) is 26.3 Å². The van der Waals surface area contributed by atoms with E-state index in [4.69, 9.17) is 0 Å². The number of rotatable bonds is 4. The molecule has 1 N–H and O–H groups in total. The van der Waals surface area contributed by atoms with Gasteiger partial charge < -0.3 is 10.2 Å². The smallest absolute Gasteiger partial charge is 0.224 e. The predicted octanol–water partition coefficient (Wildman–Crippen LogP) is 1.88. The van der Waals surface area contributed by atoms with E-state index < -0.39 is 0 Å². The number of aromatic nitrogens is 3. The molecule has 3 rings (SSSR count). The van der Waals surface area contributed by atoms with Crippen LogP contribution in [0.2, 0.25) is 0 Å². The van der Waals surface area contributed by atoms with Gasteiger partial charge >= 0.3 is 0 Å². The van der Waals surface area contributed by atoms with Gasteiger partial charge in [0, 0.05) is 49.2 Å². The minimum Gasteiger partial charge on any atom is -0.365 e. The van der Waals surface area contributed by atoms with Crippen LogP contribution in [0.1, 0.15) is 19.0 Å². The Morgan fingerprint density at radius 2 is 2.27 bits per heavy atom. The molecule has 0 spiro atoms. The molecule has 0 saturated carbocycles. The number of carbonyl (C=O) groups is 1. The summed E-state index contributed by atoms with van der Waals surface area (Å²) in [5, 5.41) is 3.35. The van der Waals surface area contributed by atoms with Crippen molar-refractivity contribution in [3.05, 3.63) is 36.3 Å². The molecular formula is C16H19N5O. The van der Waals surface area contributed by atoms with E-state index in [9.17, 15) is 4.79 Å². The van der Waals surface area contributed by atoms with Gasteiger partial charge in [-0.25, -0.2) is 9.97 Å². The molecule has 3 heterocycles. The van der Waals surface area contributed by atoms with Crippen LogP contribution in [0.25, 0.3) is 11.4 Å². The van der Waals surface area contributed by atoms with Gasteiger partial charge in [-0.1, -0.05) is 0 Å². The van der Waals surface area contributed by atoms with Crippen LogP contribution in [0.3, 0.4) is 0 Å².